The number of morpholine rings is 1. The Morgan fingerprint density at radius 3 is 2.75 bits per heavy atom. The number of carbonyl (C=O) groups is 2. The first kappa shape index (κ1) is 16.7. The standard InChI is InChI=1S/C18H20N2O3S/c1-13-11-20(15(12-23-13)14-6-3-2-4-7-14)17(21)10-19-18(22)16-8-5-9-24-16/h2-9,13,15H,10-12H2,1H3,(H,19,22). The zero-order valence-electron chi connectivity index (χ0n) is 13.5. The van der Waals surface area contributed by atoms with E-state index in [4.69, 9.17) is 4.74 Å². The number of amides is 2. The number of nitrogens with zero attached hydrogens (tertiary/aromatic N) is 1. The minimum Gasteiger partial charge on any atom is -0.374 e. The third-order valence-electron chi connectivity index (χ3n) is 4.02. The fourth-order valence-corrected chi connectivity index (χ4v) is 3.42. The average Bonchev–Trinajstić information content (AvgIpc) is 3.15. The Balaban J connectivity index is 1.67. The smallest absolute Gasteiger partial charge is 0.261 e. The van der Waals surface area contributed by atoms with E-state index in [1.165, 1.54) is 11.3 Å². The lowest BCUT2D eigenvalue weighted by Crippen LogP contribution is -2.50. The fraction of sp³-hybridized carbons (Fsp3) is 0.333. The molecule has 5 nitrogen and oxygen atoms in total. The van der Waals surface area contributed by atoms with Gasteiger partial charge in [-0.2, -0.15) is 0 Å². The van der Waals surface area contributed by atoms with Crippen LogP contribution in [0.1, 0.15) is 28.2 Å². The maximum absolute atomic E-state index is 12.7. The van der Waals surface area contributed by atoms with Gasteiger partial charge in [-0.25, -0.2) is 0 Å². The highest BCUT2D eigenvalue weighted by molar-refractivity contribution is 7.12. The first-order valence-corrected chi connectivity index (χ1v) is 8.81. The Hall–Kier alpha value is -2.18. The monoisotopic (exact) mass is 344 g/mol. The number of nitrogens with one attached hydrogen (secondary N) is 1. The maximum atomic E-state index is 12.7. The average molecular weight is 344 g/mol. The summed E-state index contributed by atoms with van der Waals surface area (Å²) >= 11 is 1.36. The minimum atomic E-state index is -0.212. The van der Waals surface area contributed by atoms with Gasteiger partial charge in [0.15, 0.2) is 0 Å². The summed E-state index contributed by atoms with van der Waals surface area (Å²) < 4.78 is 5.73. The molecule has 0 aliphatic carbocycles. The van der Waals surface area contributed by atoms with E-state index >= 15 is 0 Å². The van der Waals surface area contributed by atoms with Crippen molar-refractivity contribution in [1.82, 2.24) is 10.2 Å². The molecular formula is C18H20N2O3S. The van der Waals surface area contributed by atoms with Crippen molar-refractivity contribution in [2.24, 2.45) is 0 Å². The van der Waals surface area contributed by atoms with E-state index in [9.17, 15) is 9.59 Å². The minimum absolute atomic E-state index is 0.00716. The van der Waals surface area contributed by atoms with Crippen molar-refractivity contribution in [2.75, 3.05) is 19.7 Å². The van der Waals surface area contributed by atoms with Crippen molar-refractivity contribution in [2.45, 2.75) is 19.1 Å². The van der Waals surface area contributed by atoms with E-state index in [0.29, 0.717) is 18.0 Å². The first-order chi connectivity index (χ1) is 11.6. The molecule has 1 saturated heterocycles. The van der Waals surface area contributed by atoms with Crippen LogP contribution >= 0.6 is 11.3 Å². The van der Waals surface area contributed by atoms with Gasteiger partial charge in [-0.1, -0.05) is 36.4 Å². The number of benzene rings is 1. The molecule has 2 heterocycles. The molecule has 1 aliphatic rings. The predicted octanol–water partition coefficient (Wildman–Crippen LogP) is 2.47. The zero-order chi connectivity index (χ0) is 16.9. The molecule has 2 unspecified atom stereocenters. The van der Waals surface area contributed by atoms with Crippen LogP contribution in [0, 0.1) is 0 Å². The van der Waals surface area contributed by atoms with E-state index < -0.39 is 0 Å². The Kier molecular flexibility index (Phi) is 5.27. The van der Waals surface area contributed by atoms with Gasteiger partial charge in [-0.3, -0.25) is 9.59 Å². The van der Waals surface area contributed by atoms with Crippen LogP contribution in [-0.4, -0.2) is 42.5 Å². The molecule has 2 amide bonds. The van der Waals surface area contributed by atoms with Crippen molar-refractivity contribution in [1.29, 1.82) is 0 Å². The number of carbonyl (C=O) groups excluding carboxylic acids is 2. The molecule has 1 aromatic carbocycles. The molecule has 2 aromatic rings. The van der Waals surface area contributed by atoms with Gasteiger partial charge in [0.2, 0.25) is 5.91 Å². The third-order valence-corrected chi connectivity index (χ3v) is 4.89. The Bertz CT molecular complexity index is 688. The largest absolute Gasteiger partial charge is 0.374 e. The van der Waals surface area contributed by atoms with E-state index in [-0.39, 0.29) is 30.5 Å². The van der Waals surface area contributed by atoms with Gasteiger partial charge in [0.1, 0.15) is 0 Å². The summed E-state index contributed by atoms with van der Waals surface area (Å²) in [6.45, 7) is 2.93. The topological polar surface area (TPSA) is 58.6 Å². The van der Waals surface area contributed by atoms with Gasteiger partial charge in [-0.15, -0.1) is 11.3 Å². The van der Waals surface area contributed by atoms with Gasteiger partial charge >= 0.3 is 0 Å². The maximum Gasteiger partial charge on any atom is 0.261 e. The second-order valence-corrected chi connectivity index (χ2v) is 6.72. The molecular weight excluding hydrogens is 324 g/mol. The second-order valence-electron chi connectivity index (χ2n) is 5.78. The molecule has 0 bridgehead atoms. The van der Waals surface area contributed by atoms with Gasteiger partial charge < -0.3 is 15.0 Å². The summed E-state index contributed by atoms with van der Waals surface area (Å²) in [5, 5.41) is 4.55. The highest BCUT2D eigenvalue weighted by Crippen LogP contribution is 2.26. The Morgan fingerprint density at radius 2 is 2.04 bits per heavy atom. The number of ether oxygens (including phenoxy) is 1. The van der Waals surface area contributed by atoms with Gasteiger partial charge in [0, 0.05) is 6.54 Å². The molecule has 1 aliphatic heterocycles. The molecule has 1 fully saturated rings. The molecule has 126 valence electrons. The van der Waals surface area contributed by atoms with Crippen LogP contribution in [0.2, 0.25) is 0 Å². The lowest BCUT2D eigenvalue weighted by atomic mass is 10.0. The lowest BCUT2D eigenvalue weighted by Gasteiger charge is -2.39. The third kappa shape index (κ3) is 3.83. The summed E-state index contributed by atoms with van der Waals surface area (Å²) in [5.41, 5.74) is 1.04. The highest BCUT2D eigenvalue weighted by atomic mass is 32.1. The molecule has 1 N–H and O–H groups in total. The van der Waals surface area contributed by atoms with E-state index in [1.807, 2.05) is 48.7 Å². The van der Waals surface area contributed by atoms with Crippen LogP contribution in [0.15, 0.2) is 47.8 Å². The van der Waals surface area contributed by atoms with E-state index in [2.05, 4.69) is 5.32 Å². The number of rotatable bonds is 4. The molecule has 1 aromatic heterocycles. The summed E-state index contributed by atoms with van der Waals surface area (Å²) in [6.07, 6.45) is -0.0121. The fourth-order valence-electron chi connectivity index (χ4n) is 2.78. The molecule has 0 saturated carbocycles. The predicted molar refractivity (Wildman–Crippen MR) is 93.0 cm³/mol. The molecule has 0 radical (unpaired) electrons. The first-order valence-electron chi connectivity index (χ1n) is 7.93. The Morgan fingerprint density at radius 1 is 1.25 bits per heavy atom. The molecule has 2 atom stereocenters. The molecule has 0 spiro atoms. The summed E-state index contributed by atoms with van der Waals surface area (Å²) in [4.78, 5) is 27.1. The van der Waals surface area contributed by atoms with Gasteiger partial charge in [0.25, 0.3) is 5.91 Å². The van der Waals surface area contributed by atoms with Gasteiger partial charge in [-0.05, 0) is 23.9 Å². The summed E-state index contributed by atoms with van der Waals surface area (Å²) in [7, 11) is 0. The van der Waals surface area contributed by atoms with Crippen molar-refractivity contribution in [3.8, 4) is 0 Å². The van der Waals surface area contributed by atoms with Crippen LogP contribution in [0.25, 0.3) is 0 Å². The van der Waals surface area contributed by atoms with Crippen molar-refractivity contribution in [3.05, 3.63) is 58.3 Å². The second kappa shape index (κ2) is 7.59. The van der Waals surface area contributed by atoms with Crippen LogP contribution in [0.4, 0.5) is 0 Å². The Labute approximate surface area is 145 Å². The summed E-state index contributed by atoms with van der Waals surface area (Å²) in [6, 6.07) is 13.3. The molecule has 6 heteroatoms. The van der Waals surface area contributed by atoms with Crippen molar-refractivity contribution >= 4 is 23.2 Å². The quantitative estimate of drug-likeness (QED) is 0.927. The van der Waals surface area contributed by atoms with Crippen molar-refractivity contribution < 1.29 is 14.3 Å². The van der Waals surface area contributed by atoms with Crippen LogP contribution < -0.4 is 5.32 Å². The van der Waals surface area contributed by atoms with Gasteiger partial charge in [0.05, 0.1) is 30.2 Å². The van der Waals surface area contributed by atoms with E-state index in [0.717, 1.165) is 5.56 Å². The SMILES string of the molecule is CC1CN(C(=O)CNC(=O)c2cccs2)C(c2ccccc2)CO1. The van der Waals surface area contributed by atoms with Crippen LogP contribution in [0.5, 0.6) is 0 Å². The van der Waals surface area contributed by atoms with Crippen molar-refractivity contribution in [3.63, 3.8) is 0 Å². The molecule has 24 heavy (non-hydrogen) atoms. The van der Waals surface area contributed by atoms with E-state index in [1.54, 1.807) is 11.0 Å². The highest BCUT2D eigenvalue weighted by Gasteiger charge is 2.31. The lowest BCUT2D eigenvalue weighted by molar-refractivity contribution is -0.143. The number of thiophene rings is 1. The summed E-state index contributed by atoms with van der Waals surface area (Å²) in [5.74, 6) is -0.306. The number of hydrogen-bond acceptors (Lipinski definition) is 4. The number of hydrogen-bond donors (Lipinski definition) is 1. The molecule has 3 rings (SSSR count). The van der Waals surface area contributed by atoms with Crippen LogP contribution in [-0.2, 0) is 9.53 Å². The normalized spacial score (nSPS) is 20.6. The van der Waals surface area contributed by atoms with Crippen LogP contribution in [0.3, 0.4) is 0 Å². The zero-order valence-corrected chi connectivity index (χ0v) is 14.3.